The van der Waals surface area contributed by atoms with E-state index in [0.29, 0.717) is 6.04 Å². The van der Waals surface area contributed by atoms with Crippen LogP contribution in [0.4, 0.5) is 0 Å². The van der Waals surface area contributed by atoms with Gasteiger partial charge in [-0.05, 0) is 25.2 Å². The van der Waals surface area contributed by atoms with Crippen molar-refractivity contribution in [3.05, 3.63) is 16.6 Å². The molecule has 1 aromatic rings. The Balaban J connectivity index is 1.80. The van der Waals surface area contributed by atoms with Gasteiger partial charge in [0.25, 0.3) is 0 Å². The second-order valence-electron chi connectivity index (χ2n) is 4.76. The Labute approximate surface area is 102 Å². The molecule has 3 heteroatoms. The van der Waals surface area contributed by atoms with Crippen LogP contribution in [0.1, 0.15) is 50.3 Å². The lowest BCUT2D eigenvalue weighted by Gasteiger charge is -2.30. The summed E-state index contributed by atoms with van der Waals surface area (Å²) in [5.74, 6) is 0.909. The van der Waals surface area contributed by atoms with Crippen LogP contribution in [-0.2, 0) is 6.54 Å². The highest BCUT2D eigenvalue weighted by molar-refractivity contribution is 7.09. The molecule has 2 rings (SSSR count). The predicted molar refractivity (Wildman–Crippen MR) is 69.6 cm³/mol. The maximum atomic E-state index is 4.12. The minimum Gasteiger partial charge on any atom is -0.309 e. The first-order valence-electron chi connectivity index (χ1n) is 6.51. The molecule has 0 saturated heterocycles. The van der Waals surface area contributed by atoms with Crippen LogP contribution in [0, 0.1) is 5.92 Å². The fourth-order valence-electron chi connectivity index (χ4n) is 2.74. The molecule has 2 nitrogen and oxygen atoms in total. The Morgan fingerprint density at radius 2 is 2.25 bits per heavy atom. The lowest BCUT2D eigenvalue weighted by atomic mass is 9.83. The molecule has 1 N–H and O–H groups in total. The van der Waals surface area contributed by atoms with Gasteiger partial charge in [0.05, 0.1) is 5.51 Å². The van der Waals surface area contributed by atoms with Crippen molar-refractivity contribution in [1.29, 1.82) is 0 Å². The van der Waals surface area contributed by atoms with Crippen LogP contribution in [0.2, 0.25) is 0 Å². The highest BCUT2D eigenvalue weighted by Gasteiger charge is 2.21. The van der Waals surface area contributed by atoms with Crippen molar-refractivity contribution in [2.75, 3.05) is 0 Å². The second-order valence-corrected chi connectivity index (χ2v) is 5.73. The molecular formula is C13H22N2S. The predicted octanol–water partition coefficient (Wildman–Crippen LogP) is 3.59. The highest BCUT2D eigenvalue weighted by atomic mass is 32.1. The highest BCUT2D eigenvalue weighted by Crippen LogP contribution is 2.27. The maximum absolute atomic E-state index is 4.12. The Morgan fingerprint density at radius 3 is 2.88 bits per heavy atom. The molecule has 90 valence electrons. The van der Waals surface area contributed by atoms with Crippen LogP contribution in [0.3, 0.4) is 0 Å². The third kappa shape index (κ3) is 3.29. The van der Waals surface area contributed by atoms with E-state index >= 15 is 0 Å². The van der Waals surface area contributed by atoms with E-state index in [1.165, 1.54) is 43.4 Å². The van der Waals surface area contributed by atoms with Gasteiger partial charge in [0.15, 0.2) is 0 Å². The average molecular weight is 238 g/mol. The molecule has 1 heterocycles. The summed E-state index contributed by atoms with van der Waals surface area (Å²) in [5.41, 5.74) is 1.92. The van der Waals surface area contributed by atoms with Gasteiger partial charge in [0, 0.05) is 23.7 Å². The van der Waals surface area contributed by atoms with Gasteiger partial charge in [0.2, 0.25) is 0 Å². The molecule has 1 fully saturated rings. The van der Waals surface area contributed by atoms with Crippen LogP contribution < -0.4 is 5.32 Å². The molecule has 1 aliphatic rings. The molecular weight excluding hydrogens is 216 g/mol. The topological polar surface area (TPSA) is 24.9 Å². The Bertz CT molecular complexity index is 278. The van der Waals surface area contributed by atoms with Gasteiger partial charge in [-0.25, -0.2) is 0 Å². The Morgan fingerprint density at radius 1 is 1.44 bits per heavy atom. The van der Waals surface area contributed by atoms with Crippen LogP contribution in [0.25, 0.3) is 0 Å². The van der Waals surface area contributed by atoms with Gasteiger partial charge in [-0.3, -0.25) is 4.98 Å². The third-order valence-corrected chi connectivity index (χ3v) is 4.46. The molecule has 1 unspecified atom stereocenters. The lowest BCUT2D eigenvalue weighted by molar-refractivity contribution is 0.262. The summed E-state index contributed by atoms with van der Waals surface area (Å²) in [4.78, 5) is 5.47. The molecule has 1 atom stereocenters. The van der Waals surface area contributed by atoms with Crippen molar-refractivity contribution in [2.24, 2.45) is 5.92 Å². The summed E-state index contributed by atoms with van der Waals surface area (Å²) in [6, 6.07) is 0.711. The van der Waals surface area contributed by atoms with Crippen molar-refractivity contribution in [3.8, 4) is 0 Å². The van der Waals surface area contributed by atoms with E-state index in [2.05, 4.69) is 17.2 Å². The summed E-state index contributed by atoms with van der Waals surface area (Å²) in [5, 5.41) is 3.71. The second kappa shape index (κ2) is 6.36. The van der Waals surface area contributed by atoms with E-state index in [4.69, 9.17) is 0 Å². The molecule has 1 saturated carbocycles. The smallest absolute Gasteiger partial charge is 0.0794 e. The van der Waals surface area contributed by atoms with Gasteiger partial charge >= 0.3 is 0 Å². The quantitative estimate of drug-likeness (QED) is 0.848. The fraction of sp³-hybridized carbons (Fsp3) is 0.769. The summed E-state index contributed by atoms with van der Waals surface area (Å²) >= 11 is 1.75. The van der Waals surface area contributed by atoms with Crippen molar-refractivity contribution < 1.29 is 0 Å². The van der Waals surface area contributed by atoms with Crippen molar-refractivity contribution >= 4 is 11.3 Å². The summed E-state index contributed by atoms with van der Waals surface area (Å²) in [6.07, 6.45) is 10.4. The molecule has 0 amide bonds. The molecule has 0 aliphatic heterocycles. The minimum absolute atomic E-state index is 0.711. The number of thiazole rings is 1. The van der Waals surface area contributed by atoms with E-state index in [1.807, 2.05) is 11.7 Å². The van der Waals surface area contributed by atoms with E-state index in [0.717, 1.165) is 12.5 Å². The average Bonchev–Trinajstić information content (AvgIpc) is 2.84. The van der Waals surface area contributed by atoms with E-state index in [9.17, 15) is 0 Å². The monoisotopic (exact) mass is 238 g/mol. The standard InChI is InChI=1S/C13H22N2S/c1-2-13(11-6-4-3-5-7-11)15-9-12-8-14-10-16-12/h8,10-11,13,15H,2-7,9H2,1H3. The van der Waals surface area contributed by atoms with E-state index < -0.39 is 0 Å². The number of hydrogen-bond acceptors (Lipinski definition) is 3. The first kappa shape index (κ1) is 12.1. The van der Waals surface area contributed by atoms with Crippen LogP contribution in [-0.4, -0.2) is 11.0 Å². The number of nitrogens with one attached hydrogen (secondary N) is 1. The van der Waals surface area contributed by atoms with Gasteiger partial charge in [-0.15, -0.1) is 11.3 Å². The fourth-order valence-corrected chi connectivity index (χ4v) is 3.29. The number of aromatic nitrogens is 1. The molecule has 0 bridgehead atoms. The largest absolute Gasteiger partial charge is 0.309 e. The first-order valence-corrected chi connectivity index (χ1v) is 7.39. The lowest BCUT2D eigenvalue weighted by Crippen LogP contribution is -2.36. The molecule has 1 aliphatic carbocycles. The zero-order chi connectivity index (χ0) is 11.2. The SMILES string of the molecule is CCC(NCc1cncs1)C1CCCCC1. The Kier molecular flexibility index (Phi) is 4.79. The molecule has 0 aromatic carbocycles. The number of nitrogens with zero attached hydrogens (tertiary/aromatic N) is 1. The van der Waals surface area contributed by atoms with Crippen LogP contribution >= 0.6 is 11.3 Å². The van der Waals surface area contributed by atoms with Crippen molar-refractivity contribution in [2.45, 2.75) is 58.0 Å². The zero-order valence-electron chi connectivity index (χ0n) is 10.1. The molecule has 16 heavy (non-hydrogen) atoms. The summed E-state index contributed by atoms with van der Waals surface area (Å²) in [7, 11) is 0. The van der Waals surface area contributed by atoms with Gasteiger partial charge in [-0.2, -0.15) is 0 Å². The van der Waals surface area contributed by atoms with E-state index in [1.54, 1.807) is 11.3 Å². The summed E-state index contributed by atoms with van der Waals surface area (Å²) < 4.78 is 0. The summed E-state index contributed by atoms with van der Waals surface area (Å²) in [6.45, 7) is 3.30. The van der Waals surface area contributed by atoms with E-state index in [-0.39, 0.29) is 0 Å². The molecule has 0 radical (unpaired) electrons. The van der Waals surface area contributed by atoms with Gasteiger partial charge in [-0.1, -0.05) is 26.2 Å². The third-order valence-electron chi connectivity index (χ3n) is 3.68. The first-order chi connectivity index (χ1) is 7.90. The van der Waals surface area contributed by atoms with Crippen molar-refractivity contribution in [3.63, 3.8) is 0 Å². The minimum atomic E-state index is 0.711. The van der Waals surface area contributed by atoms with Crippen LogP contribution in [0.15, 0.2) is 11.7 Å². The van der Waals surface area contributed by atoms with Gasteiger partial charge < -0.3 is 5.32 Å². The number of rotatable bonds is 5. The van der Waals surface area contributed by atoms with Crippen LogP contribution in [0.5, 0.6) is 0 Å². The zero-order valence-corrected chi connectivity index (χ0v) is 10.9. The maximum Gasteiger partial charge on any atom is 0.0794 e. The molecule has 0 spiro atoms. The number of hydrogen-bond donors (Lipinski definition) is 1. The van der Waals surface area contributed by atoms with Gasteiger partial charge in [0.1, 0.15) is 0 Å². The Hall–Kier alpha value is -0.410. The normalized spacial score (nSPS) is 19.8. The van der Waals surface area contributed by atoms with Crippen molar-refractivity contribution in [1.82, 2.24) is 10.3 Å². The molecule has 1 aromatic heterocycles.